The molecule has 3 rings (SSSR count). The maximum Gasteiger partial charge on any atom is 0.246 e. The number of Topliss-reactive ketones (excluding diaryl/α,β-unsaturated/α-hetero) is 1. The highest BCUT2D eigenvalue weighted by Crippen LogP contribution is 2.22. The van der Waals surface area contributed by atoms with Crippen LogP contribution in [0.5, 0.6) is 0 Å². The minimum absolute atomic E-state index is 0.192. The Balaban J connectivity index is 1.76. The van der Waals surface area contributed by atoms with E-state index >= 15 is 0 Å². The standard InChI is InChI=1S/C31H46N4O6/c1-4-25(36)26(37)17-11-7-10-15-22-27(38)34-31(3,5-2)30(41)33-23(19-18-21-13-8-6-9-14-21)29(40)35-20-12-16-24(35)28(39)32-22/h6,8-9,13-14,22-25,36H,4-5,7,10-12,15-20H2,1-3H3,(H,32,39)(H,33,41)(H,34,38)/t22-,23-,24+,25+,31-/m0/s1. The van der Waals surface area contributed by atoms with E-state index in [9.17, 15) is 29.1 Å². The molecule has 0 unspecified atom stereocenters. The number of ketones is 1. The van der Waals surface area contributed by atoms with Gasteiger partial charge in [-0.1, -0.05) is 57.0 Å². The maximum atomic E-state index is 13.8. The summed E-state index contributed by atoms with van der Waals surface area (Å²) in [6, 6.07) is 7.28. The number of nitrogens with one attached hydrogen (secondary N) is 3. The third-order valence-electron chi connectivity index (χ3n) is 8.42. The molecule has 10 heteroatoms. The lowest BCUT2D eigenvalue weighted by Gasteiger charge is -2.36. The van der Waals surface area contributed by atoms with Crippen molar-refractivity contribution >= 4 is 29.4 Å². The van der Waals surface area contributed by atoms with Gasteiger partial charge in [-0.05, 0) is 63.9 Å². The zero-order valence-electron chi connectivity index (χ0n) is 24.6. The number of unbranched alkanes of at least 4 members (excludes halogenated alkanes) is 2. The predicted molar refractivity (Wildman–Crippen MR) is 155 cm³/mol. The number of hydrogen-bond donors (Lipinski definition) is 4. The Morgan fingerprint density at radius 1 is 1.00 bits per heavy atom. The van der Waals surface area contributed by atoms with Gasteiger partial charge in [0.05, 0.1) is 0 Å². The molecule has 41 heavy (non-hydrogen) atoms. The van der Waals surface area contributed by atoms with Crippen LogP contribution in [0.25, 0.3) is 0 Å². The highest BCUT2D eigenvalue weighted by Gasteiger charge is 2.43. The highest BCUT2D eigenvalue weighted by molar-refractivity contribution is 5.99. The number of hydrogen-bond acceptors (Lipinski definition) is 6. The van der Waals surface area contributed by atoms with E-state index in [1.165, 1.54) is 0 Å². The zero-order valence-corrected chi connectivity index (χ0v) is 24.6. The fraction of sp³-hybridized carbons (Fsp3) is 0.645. The van der Waals surface area contributed by atoms with Crippen molar-refractivity contribution in [2.75, 3.05) is 6.54 Å². The summed E-state index contributed by atoms with van der Waals surface area (Å²) in [5, 5.41) is 18.3. The number of carbonyl (C=O) groups is 5. The van der Waals surface area contributed by atoms with Crippen molar-refractivity contribution in [1.29, 1.82) is 0 Å². The van der Waals surface area contributed by atoms with Crippen LogP contribution in [0.15, 0.2) is 30.3 Å². The first kappa shape index (κ1) is 32.2. The second kappa shape index (κ2) is 15.1. The molecule has 2 aliphatic heterocycles. The molecule has 0 saturated carbocycles. The van der Waals surface area contributed by atoms with Crippen molar-refractivity contribution in [3.8, 4) is 0 Å². The van der Waals surface area contributed by atoms with E-state index in [0.29, 0.717) is 70.8 Å². The summed E-state index contributed by atoms with van der Waals surface area (Å²) in [7, 11) is 0. The molecule has 0 aromatic heterocycles. The van der Waals surface area contributed by atoms with Crippen molar-refractivity contribution < 1.29 is 29.1 Å². The topological polar surface area (TPSA) is 145 Å². The lowest BCUT2D eigenvalue weighted by Crippen LogP contribution is -2.65. The number of carbonyl (C=O) groups excluding carboxylic acids is 5. The Hall–Kier alpha value is -3.27. The summed E-state index contributed by atoms with van der Waals surface area (Å²) < 4.78 is 0. The van der Waals surface area contributed by atoms with Crippen LogP contribution < -0.4 is 16.0 Å². The number of fused-ring (bicyclic) bond motifs is 1. The van der Waals surface area contributed by atoms with Gasteiger partial charge in [0.1, 0.15) is 29.8 Å². The van der Waals surface area contributed by atoms with Crippen molar-refractivity contribution in [3.05, 3.63) is 35.9 Å². The highest BCUT2D eigenvalue weighted by atomic mass is 16.3. The van der Waals surface area contributed by atoms with E-state index in [0.717, 1.165) is 5.56 Å². The summed E-state index contributed by atoms with van der Waals surface area (Å²) in [6.45, 7) is 5.58. The molecule has 4 N–H and O–H groups in total. The quantitative estimate of drug-likeness (QED) is 0.284. The molecule has 2 heterocycles. The van der Waals surface area contributed by atoms with Crippen LogP contribution in [0.1, 0.15) is 90.5 Å². The number of nitrogens with zero attached hydrogens (tertiary/aromatic N) is 1. The van der Waals surface area contributed by atoms with E-state index in [4.69, 9.17) is 0 Å². The Bertz CT molecular complexity index is 1080. The van der Waals surface area contributed by atoms with Gasteiger partial charge in [-0.2, -0.15) is 0 Å². The van der Waals surface area contributed by atoms with Gasteiger partial charge in [0.25, 0.3) is 0 Å². The fourth-order valence-electron chi connectivity index (χ4n) is 5.45. The van der Waals surface area contributed by atoms with E-state index in [-0.39, 0.29) is 24.0 Å². The third-order valence-corrected chi connectivity index (χ3v) is 8.42. The summed E-state index contributed by atoms with van der Waals surface area (Å²) in [6.07, 6.45) is 4.18. The van der Waals surface area contributed by atoms with Crippen LogP contribution in [0, 0.1) is 0 Å². The van der Waals surface area contributed by atoms with Gasteiger partial charge in [0, 0.05) is 13.0 Å². The van der Waals surface area contributed by atoms with Gasteiger partial charge in [0.2, 0.25) is 23.6 Å². The summed E-state index contributed by atoms with van der Waals surface area (Å²) >= 11 is 0. The van der Waals surface area contributed by atoms with Gasteiger partial charge in [-0.3, -0.25) is 24.0 Å². The van der Waals surface area contributed by atoms with Crippen molar-refractivity contribution in [3.63, 3.8) is 0 Å². The molecule has 0 radical (unpaired) electrons. The second-order valence-corrected chi connectivity index (χ2v) is 11.5. The van der Waals surface area contributed by atoms with Crippen LogP contribution in [-0.4, -0.2) is 75.7 Å². The fourth-order valence-corrected chi connectivity index (χ4v) is 5.45. The van der Waals surface area contributed by atoms with Gasteiger partial charge in [-0.15, -0.1) is 0 Å². The number of benzene rings is 1. The molecule has 4 amide bonds. The van der Waals surface area contributed by atoms with E-state index in [1.54, 1.807) is 25.7 Å². The molecule has 0 aliphatic carbocycles. The Morgan fingerprint density at radius 2 is 1.73 bits per heavy atom. The first-order chi connectivity index (χ1) is 19.6. The molecule has 226 valence electrons. The SMILES string of the molecule is CC[C@@H](O)C(=O)CCCCC[C@@H]1NC(=O)[C@H]2CCCN2C(=O)[C@H](CCc2ccccc2)NC(=O)[C@](C)(CC)NC1=O. The number of amides is 4. The predicted octanol–water partition coefficient (Wildman–Crippen LogP) is 2.17. The molecule has 5 atom stereocenters. The number of aliphatic hydroxyl groups is 1. The van der Waals surface area contributed by atoms with Crippen LogP contribution in [0.3, 0.4) is 0 Å². The normalized spacial score (nSPS) is 26.2. The molecule has 2 aliphatic rings. The Kier molecular flexibility index (Phi) is 11.9. The van der Waals surface area contributed by atoms with Gasteiger partial charge < -0.3 is 26.0 Å². The smallest absolute Gasteiger partial charge is 0.246 e. The lowest BCUT2D eigenvalue weighted by atomic mass is 9.94. The third kappa shape index (κ3) is 8.61. The Morgan fingerprint density at radius 3 is 2.41 bits per heavy atom. The molecule has 0 bridgehead atoms. The van der Waals surface area contributed by atoms with E-state index < -0.39 is 41.6 Å². The van der Waals surface area contributed by atoms with E-state index in [1.807, 2.05) is 30.3 Å². The lowest BCUT2D eigenvalue weighted by molar-refractivity contribution is -0.145. The first-order valence-electron chi connectivity index (χ1n) is 15.1. The van der Waals surface area contributed by atoms with Gasteiger partial charge in [0.15, 0.2) is 5.78 Å². The summed E-state index contributed by atoms with van der Waals surface area (Å²) in [5.41, 5.74) is -0.242. The average Bonchev–Trinajstić information content (AvgIpc) is 3.47. The molecule has 1 aromatic carbocycles. The van der Waals surface area contributed by atoms with Crippen LogP contribution in [-0.2, 0) is 30.4 Å². The number of aryl methyl sites for hydroxylation is 1. The molecule has 10 nitrogen and oxygen atoms in total. The molecule has 2 fully saturated rings. The van der Waals surface area contributed by atoms with Crippen molar-refractivity contribution in [2.24, 2.45) is 0 Å². The van der Waals surface area contributed by atoms with Gasteiger partial charge in [-0.25, -0.2) is 0 Å². The summed E-state index contributed by atoms with van der Waals surface area (Å²) in [4.78, 5) is 67.7. The minimum atomic E-state index is -1.28. The number of rotatable bonds is 12. The van der Waals surface area contributed by atoms with Crippen LogP contribution in [0.4, 0.5) is 0 Å². The van der Waals surface area contributed by atoms with Crippen molar-refractivity contribution in [1.82, 2.24) is 20.9 Å². The molecule has 1 aromatic rings. The van der Waals surface area contributed by atoms with Crippen LogP contribution >= 0.6 is 0 Å². The van der Waals surface area contributed by atoms with Crippen molar-refractivity contribution in [2.45, 2.75) is 121 Å². The monoisotopic (exact) mass is 570 g/mol. The van der Waals surface area contributed by atoms with Crippen LogP contribution in [0.2, 0.25) is 0 Å². The molecule has 2 saturated heterocycles. The largest absolute Gasteiger partial charge is 0.385 e. The minimum Gasteiger partial charge on any atom is -0.385 e. The zero-order chi connectivity index (χ0) is 30.0. The maximum absolute atomic E-state index is 13.8. The molecular weight excluding hydrogens is 524 g/mol. The Labute approximate surface area is 243 Å². The number of aliphatic hydroxyl groups excluding tert-OH is 1. The second-order valence-electron chi connectivity index (χ2n) is 11.5. The summed E-state index contributed by atoms with van der Waals surface area (Å²) in [5.74, 6) is -1.74. The molecular formula is C31H46N4O6. The average molecular weight is 571 g/mol. The molecule has 0 spiro atoms. The van der Waals surface area contributed by atoms with Gasteiger partial charge >= 0.3 is 0 Å². The van der Waals surface area contributed by atoms with E-state index in [2.05, 4.69) is 16.0 Å². The first-order valence-corrected chi connectivity index (χ1v) is 15.1.